The normalized spacial score (nSPS) is 0. The molecule has 4 heteroatoms. The van der Waals surface area contributed by atoms with E-state index in [1.54, 1.807) is 0 Å². The van der Waals surface area contributed by atoms with Crippen LogP contribution in [-0.4, -0.2) is 0 Å². The fourth-order valence-corrected chi connectivity index (χ4v) is 0. The molecule has 0 rings (SSSR count). The molecule has 0 aromatic carbocycles. The first-order valence-corrected chi connectivity index (χ1v) is 0. The molecule has 0 amide bonds. The van der Waals surface area contributed by atoms with E-state index in [-0.39, 0.29) is 72.5 Å². The minimum atomic E-state index is 0. The molecule has 0 spiro atoms. The molecule has 0 unspecified atom stereocenters. The Bertz CT molecular complexity index is 4.00. The average Bonchev–Trinajstić information content (AvgIpc) is 0. The number of rotatable bonds is 0. The Kier molecular flexibility index (Phi) is 158. The molecule has 4 heavy (non-hydrogen) atoms. The zero-order valence-corrected chi connectivity index (χ0v) is 6.69. The molecular formula is Co2Rh2. The molecule has 0 aromatic heterocycles. The Hall–Kier alpha value is 2.26. The van der Waals surface area contributed by atoms with Gasteiger partial charge in [0.1, 0.15) is 0 Å². The summed E-state index contributed by atoms with van der Waals surface area (Å²) in [6.45, 7) is 0. The van der Waals surface area contributed by atoms with Crippen molar-refractivity contribution in [2.24, 2.45) is 0 Å². The zero-order valence-electron chi connectivity index (χ0n) is 1.33. The standard InChI is InChI=1S/2Co.2Rh. The van der Waals surface area contributed by atoms with E-state index in [9.17, 15) is 0 Å². The summed E-state index contributed by atoms with van der Waals surface area (Å²) in [5, 5.41) is 0. The van der Waals surface area contributed by atoms with Crippen LogP contribution in [-0.2, 0) is 72.5 Å². The molecule has 0 nitrogen and oxygen atoms in total. The Morgan fingerprint density at radius 1 is 0.500 bits per heavy atom. The van der Waals surface area contributed by atoms with E-state index in [4.69, 9.17) is 0 Å². The Morgan fingerprint density at radius 2 is 0.500 bits per heavy atom. The maximum atomic E-state index is 0. The van der Waals surface area contributed by atoms with Gasteiger partial charge in [-0.2, -0.15) is 0 Å². The molecule has 0 aliphatic heterocycles. The molecule has 0 aliphatic rings. The predicted molar refractivity (Wildman–Crippen MR) is 0 cm³/mol. The summed E-state index contributed by atoms with van der Waals surface area (Å²) in [4.78, 5) is 0. The monoisotopic (exact) mass is 324 g/mol. The number of hydrogen-bond acceptors (Lipinski definition) is 0. The minimum Gasteiger partial charge on any atom is 0 e. The second-order valence-corrected chi connectivity index (χ2v) is 0. The largest absolute Gasteiger partial charge is 0 e. The van der Waals surface area contributed by atoms with Gasteiger partial charge in [-0.15, -0.1) is 0 Å². The summed E-state index contributed by atoms with van der Waals surface area (Å²) < 4.78 is 0. The van der Waals surface area contributed by atoms with E-state index in [0.29, 0.717) is 0 Å². The molecule has 0 N–H and O–H groups in total. The van der Waals surface area contributed by atoms with Crippen LogP contribution >= 0.6 is 0 Å². The van der Waals surface area contributed by atoms with Crippen LogP contribution < -0.4 is 0 Å². The summed E-state index contributed by atoms with van der Waals surface area (Å²) in [5.41, 5.74) is 0. The smallest absolute Gasteiger partial charge is 0 e. The van der Waals surface area contributed by atoms with Gasteiger partial charge in [-0.25, -0.2) is 0 Å². The van der Waals surface area contributed by atoms with E-state index in [2.05, 4.69) is 0 Å². The summed E-state index contributed by atoms with van der Waals surface area (Å²) in [6, 6.07) is 0. The van der Waals surface area contributed by atoms with Crippen LogP contribution in [0.5, 0.6) is 0 Å². The molecule has 0 fully saturated rings. The minimum absolute atomic E-state index is 0. The van der Waals surface area contributed by atoms with Gasteiger partial charge in [0.05, 0.1) is 0 Å². The fraction of sp³-hybridized carbons (Fsp3) is 0. The molecule has 0 aromatic rings. The van der Waals surface area contributed by atoms with E-state index in [0.717, 1.165) is 0 Å². The van der Waals surface area contributed by atoms with Crippen molar-refractivity contribution in [2.75, 3.05) is 0 Å². The van der Waals surface area contributed by atoms with E-state index in [1.807, 2.05) is 0 Å². The summed E-state index contributed by atoms with van der Waals surface area (Å²) in [5.74, 6) is 0. The van der Waals surface area contributed by atoms with Crippen LogP contribution in [0.25, 0.3) is 0 Å². The topological polar surface area (TPSA) is 0 Å². The van der Waals surface area contributed by atoms with Crippen molar-refractivity contribution < 1.29 is 72.5 Å². The first-order valence-electron chi connectivity index (χ1n) is 0. The Morgan fingerprint density at radius 3 is 0.500 bits per heavy atom. The van der Waals surface area contributed by atoms with Gasteiger partial charge in [-0.3, -0.25) is 0 Å². The molecule has 0 bridgehead atoms. The maximum absolute atomic E-state index is 0. The average molecular weight is 324 g/mol. The van der Waals surface area contributed by atoms with E-state index < -0.39 is 0 Å². The van der Waals surface area contributed by atoms with Crippen molar-refractivity contribution in [3.05, 3.63) is 0 Å². The molecule has 0 saturated heterocycles. The molecule has 0 heterocycles. The quantitative estimate of drug-likeness (QED) is 0.550. The van der Waals surface area contributed by atoms with Crippen LogP contribution in [0.2, 0.25) is 0 Å². The second kappa shape index (κ2) is 18.7. The maximum Gasteiger partial charge on any atom is 0 e. The van der Waals surface area contributed by atoms with Crippen LogP contribution in [0.3, 0.4) is 0 Å². The van der Waals surface area contributed by atoms with Crippen LogP contribution in [0.1, 0.15) is 0 Å². The summed E-state index contributed by atoms with van der Waals surface area (Å²) in [7, 11) is 0. The molecule has 0 atom stereocenters. The van der Waals surface area contributed by atoms with Crippen LogP contribution in [0, 0.1) is 0 Å². The van der Waals surface area contributed by atoms with Crippen molar-refractivity contribution >= 4 is 0 Å². The first kappa shape index (κ1) is 33.9. The van der Waals surface area contributed by atoms with Gasteiger partial charge in [0.25, 0.3) is 0 Å². The third-order valence-electron chi connectivity index (χ3n) is 0. The van der Waals surface area contributed by atoms with Gasteiger partial charge in [-0.1, -0.05) is 0 Å². The van der Waals surface area contributed by atoms with Crippen molar-refractivity contribution in [2.45, 2.75) is 0 Å². The van der Waals surface area contributed by atoms with E-state index in [1.165, 1.54) is 0 Å². The van der Waals surface area contributed by atoms with Crippen molar-refractivity contribution in [1.82, 2.24) is 0 Å². The molecule has 0 aliphatic carbocycles. The third kappa shape index (κ3) is 8.86. The van der Waals surface area contributed by atoms with Gasteiger partial charge < -0.3 is 0 Å². The van der Waals surface area contributed by atoms with Crippen molar-refractivity contribution in [3.8, 4) is 0 Å². The zero-order chi connectivity index (χ0) is 0. The predicted octanol–water partition coefficient (Wildman–Crippen LogP) is -0.0100. The van der Waals surface area contributed by atoms with Gasteiger partial charge in [0.2, 0.25) is 0 Å². The van der Waals surface area contributed by atoms with Crippen LogP contribution in [0.15, 0.2) is 0 Å². The molecule has 36 valence electrons. The van der Waals surface area contributed by atoms with Gasteiger partial charge in [0, 0.05) is 72.5 Å². The third-order valence-corrected chi connectivity index (χ3v) is 0. The molecular weight excluding hydrogens is 324 g/mol. The molecule has 0 saturated carbocycles. The number of hydrogen-bond donors (Lipinski definition) is 0. The second-order valence-electron chi connectivity index (χ2n) is 0. The molecule has 4 radical (unpaired) electrons. The Labute approximate surface area is 71.8 Å². The van der Waals surface area contributed by atoms with E-state index >= 15 is 0 Å². The van der Waals surface area contributed by atoms with Gasteiger partial charge in [0.15, 0.2) is 0 Å². The van der Waals surface area contributed by atoms with Crippen molar-refractivity contribution in [1.29, 1.82) is 0 Å². The van der Waals surface area contributed by atoms with Gasteiger partial charge >= 0.3 is 0 Å². The SMILES string of the molecule is [Co].[Co].[Rh].[Rh]. The van der Waals surface area contributed by atoms with Gasteiger partial charge in [-0.05, 0) is 0 Å². The summed E-state index contributed by atoms with van der Waals surface area (Å²) >= 11 is 0. The Balaban J connectivity index is 0. The summed E-state index contributed by atoms with van der Waals surface area (Å²) in [6.07, 6.45) is 0. The fourth-order valence-electron chi connectivity index (χ4n) is 0. The first-order chi connectivity index (χ1) is 0. The van der Waals surface area contributed by atoms with Crippen molar-refractivity contribution in [3.63, 3.8) is 0 Å². The van der Waals surface area contributed by atoms with Crippen LogP contribution in [0.4, 0.5) is 0 Å².